The van der Waals surface area contributed by atoms with E-state index in [4.69, 9.17) is 0 Å². The first-order chi connectivity index (χ1) is 28.7. The van der Waals surface area contributed by atoms with Gasteiger partial charge in [0.2, 0.25) is 5.91 Å². The molecular weight excluding hydrogens is 711 g/mol. The standard InChI is InChI=1S/C54H97NO3/c1-3-5-7-9-11-13-15-17-19-21-23-24-25-26-27-28-29-30-32-34-36-38-40-42-44-46-48-50-54(58)55-52(51-56)53(57)49-47-45-43-41-39-37-35-33-31-22-20-18-16-14-12-10-8-6-4-2/h5,7,11,13,17,19,23-24,26-27,29-30,52-53,56-57H,3-4,6,8-10,12,14-16,18,20-22,25,28,31-51H2,1-2H3,(H,55,58)/b7-5-,13-11-,19-17-,24-23-,27-26-,30-29-. The van der Waals surface area contributed by atoms with E-state index in [1.54, 1.807) is 0 Å². The number of hydrogen-bond acceptors (Lipinski definition) is 3. The van der Waals surface area contributed by atoms with E-state index in [-0.39, 0.29) is 12.5 Å². The maximum atomic E-state index is 12.5. The van der Waals surface area contributed by atoms with E-state index in [1.165, 1.54) is 154 Å². The molecule has 0 aromatic rings. The van der Waals surface area contributed by atoms with Crippen LogP contribution in [-0.4, -0.2) is 34.9 Å². The highest BCUT2D eigenvalue weighted by Gasteiger charge is 2.20. The van der Waals surface area contributed by atoms with Crippen LogP contribution in [0.1, 0.15) is 245 Å². The average Bonchev–Trinajstić information content (AvgIpc) is 3.23. The largest absolute Gasteiger partial charge is 0.394 e. The predicted molar refractivity (Wildman–Crippen MR) is 257 cm³/mol. The molecule has 0 spiro atoms. The van der Waals surface area contributed by atoms with Crippen molar-refractivity contribution in [3.63, 3.8) is 0 Å². The molecule has 4 nitrogen and oxygen atoms in total. The molecule has 0 heterocycles. The van der Waals surface area contributed by atoms with Crippen molar-refractivity contribution in [1.82, 2.24) is 5.32 Å². The second kappa shape index (κ2) is 49.2. The van der Waals surface area contributed by atoms with Gasteiger partial charge in [-0.2, -0.15) is 0 Å². The summed E-state index contributed by atoms with van der Waals surface area (Å²) in [5.41, 5.74) is 0. The molecule has 1 amide bonds. The Hall–Kier alpha value is -2.17. The molecule has 0 aliphatic heterocycles. The Morgan fingerprint density at radius 1 is 0.431 bits per heavy atom. The van der Waals surface area contributed by atoms with Gasteiger partial charge in [-0.1, -0.05) is 247 Å². The summed E-state index contributed by atoms with van der Waals surface area (Å²) in [7, 11) is 0. The van der Waals surface area contributed by atoms with E-state index in [9.17, 15) is 15.0 Å². The Balaban J connectivity index is 3.56. The molecule has 336 valence electrons. The summed E-state index contributed by atoms with van der Waals surface area (Å²) in [6.07, 6.45) is 69.9. The van der Waals surface area contributed by atoms with Crippen LogP contribution in [0.25, 0.3) is 0 Å². The van der Waals surface area contributed by atoms with E-state index < -0.39 is 12.1 Å². The van der Waals surface area contributed by atoms with Crippen LogP contribution in [0.15, 0.2) is 72.9 Å². The summed E-state index contributed by atoms with van der Waals surface area (Å²) < 4.78 is 0. The zero-order chi connectivity index (χ0) is 42.1. The van der Waals surface area contributed by atoms with Gasteiger partial charge in [-0.05, 0) is 64.2 Å². The molecule has 0 aromatic carbocycles. The Morgan fingerprint density at radius 3 is 1.14 bits per heavy atom. The van der Waals surface area contributed by atoms with Gasteiger partial charge in [-0.3, -0.25) is 4.79 Å². The number of aliphatic hydroxyl groups excluding tert-OH is 2. The third-order valence-corrected chi connectivity index (χ3v) is 11.2. The summed E-state index contributed by atoms with van der Waals surface area (Å²) in [4.78, 5) is 12.5. The lowest BCUT2D eigenvalue weighted by molar-refractivity contribution is -0.123. The van der Waals surface area contributed by atoms with Gasteiger partial charge in [-0.25, -0.2) is 0 Å². The predicted octanol–water partition coefficient (Wildman–Crippen LogP) is 16.2. The average molecular weight is 808 g/mol. The van der Waals surface area contributed by atoms with Crippen molar-refractivity contribution < 1.29 is 15.0 Å². The monoisotopic (exact) mass is 808 g/mol. The number of nitrogens with one attached hydrogen (secondary N) is 1. The molecule has 3 N–H and O–H groups in total. The molecule has 0 rings (SSSR count). The molecule has 0 radical (unpaired) electrons. The summed E-state index contributed by atoms with van der Waals surface area (Å²) in [5.74, 6) is -0.0411. The maximum Gasteiger partial charge on any atom is 0.220 e. The molecule has 4 heteroatoms. The van der Waals surface area contributed by atoms with Crippen molar-refractivity contribution in [3.8, 4) is 0 Å². The summed E-state index contributed by atoms with van der Waals surface area (Å²) >= 11 is 0. The number of unbranched alkanes of at least 4 members (excludes halogenated alkanes) is 26. The van der Waals surface area contributed by atoms with Crippen molar-refractivity contribution in [2.24, 2.45) is 0 Å². The molecule has 0 saturated heterocycles. The zero-order valence-electron chi connectivity index (χ0n) is 38.5. The third kappa shape index (κ3) is 44.9. The second-order valence-electron chi connectivity index (χ2n) is 16.9. The Labute approximate surface area is 361 Å². The number of carbonyl (C=O) groups excluding carboxylic acids is 1. The van der Waals surface area contributed by atoms with Gasteiger partial charge in [0.25, 0.3) is 0 Å². The molecule has 2 unspecified atom stereocenters. The number of allylic oxidation sites excluding steroid dienone is 12. The summed E-state index contributed by atoms with van der Waals surface area (Å²) in [6.45, 7) is 4.25. The fourth-order valence-corrected chi connectivity index (χ4v) is 7.42. The SMILES string of the molecule is CC/C=C\C/C=C\C/C=C\C/C=C\C/C=C\C/C=C\CCCCCCCCCCC(=O)NC(CO)C(O)CCCCCCCCCCCCCCCCCCCCC. The first kappa shape index (κ1) is 55.8. The number of amides is 1. The Bertz CT molecular complexity index is 1010. The van der Waals surface area contributed by atoms with Crippen molar-refractivity contribution in [1.29, 1.82) is 0 Å². The first-order valence-electron chi connectivity index (χ1n) is 25.1. The Kier molecular flexibility index (Phi) is 47.4. The van der Waals surface area contributed by atoms with Gasteiger partial charge in [0.15, 0.2) is 0 Å². The van der Waals surface area contributed by atoms with Gasteiger partial charge >= 0.3 is 0 Å². The van der Waals surface area contributed by atoms with Gasteiger partial charge in [0.05, 0.1) is 18.8 Å². The van der Waals surface area contributed by atoms with Crippen LogP contribution in [0, 0.1) is 0 Å². The lowest BCUT2D eigenvalue weighted by Gasteiger charge is -2.22. The van der Waals surface area contributed by atoms with Crippen LogP contribution in [0.5, 0.6) is 0 Å². The smallest absolute Gasteiger partial charge is 0.220 e. The fraction of sp³-hybridized carbons (Fsp3) is 0.759. The minimum absolute atomic E-state index is 0.0411. The van der Waals surface area contributed by atoms with E-state index in [1.807, 2.05) is 0 Å². The first-order valence-corrected chi connectivity index (χ1v) is 25.1. The Morgan fingerprint density at radius 2 is 0.759 bits per heavy atom. The molecule has 58 heavy (non-hydrogen) atoms. The van der Waals surface area contributed by atoms with Gasteiger partial charge in [0.1, 0.15) is 0 Å². The lowest BCUT2D eigenvalue weighted by Crippen LogP contribution is -2.45. The van der Waals surface area contributed by atoms with Crippen molar-refractivity contribution in [2.75, 3.05) is 6.61 Å². The van der Waals surface area contributed by atoms with E-state index in [0.29, 0.717) is 12.8 Å². The molecule has 0 bridgehead atoms. The highest BCUT2D eigenvalue weighted by atomic mass is 16.3. The van der Waals surface area contributed by atoms with Crippen LogP contribution in [0.3, 0.4) is 0 Å². The highest BCUT2D eigenvalue weighted by molar-refractivity contribution is 5.76. The maximum absolute atomic E-state index is 12.5. The molecule has 0 fully saturated rings. The van der Waals surface area contributed by atoms with E-state index in [0.717, 1.165) is 64.2 Å². The van der Waals surface area contributed by atoms with Crippen molar-refractivity contribution in [3.05, 3.63) is 72.9 Å². The van der Waals surface area contributed by atoms with Crippen LogP contribution in [0.4, 0.5) is 0 Å². The van der Waals surface area contributed by atoms with Crippen LogP contribution in [-0.2, 0) is 4.79 Å². The normalized spacial score (nSPS) is 13.5. The van der Waals surface area contributed by atoms with Crippen LogP contribution >= 0.6 is 0 Å². The topological polar surface area (TPSA) is 69.6 Å². The van der Waals surface area contributed by atoms with E-state index in [2.05, 4.69) is 92.1 Å². The number of rotatable bonds is 45. The second-order valence-corrected chi connectivity index (χ2v) is 16.9. The molecular formula is C54H97NO3. The summed E-state index contributed by atoms with van der Waals surface area (Å²) in [6, 6.07) is -0.545. The molecule has 0 aliphatic carbocycles. The van der Waals surface area contributed by atoms with Gasteiger partial charge in [0, 0.05) is 6.42 Å². The zero-order valence-corrected chi connectivity index (χ0v) is 38.5. The highest BCUT2D eigenvalue weighted by Crippen LogP contribution is 2.16. The van der Waals surface area contributed by atoms with Crippen LogP contribution < -0.4 is 5.32 Å². The van der Waals surface area contributed by atoms with Crippen molar-refractivity contribution >= 4 is 5.91 Å². The number of carbonyl (C=O) groups is 1. The molecule has 0 aromatic heterocycles. The number of aliphatic hydroxyl groups is 2. The third-order valence-electron chi connectivity index (χ3n) is 11.2. The van der Waals surface area contributed by atoms with Crippen molar-refractivity contribution in [2.45, 2.75) is 257 Å². The number of hydrogen-bond donors (Lipinski definition) is 3. The fourth-order valence-electron chi connectivity index (χ4n) is 7.42. The van der Waals surface area contributed by atoms with Gasteiger partial charge < -0.3 is 15.5 Å². The minimum atomic E-state index is -0.667. The van der Waals surface area contributed by atoms with E-state index >= 15 is 0 Å². The van der Waals surface area contributed by atoms with Crippen LogP contribution in [0.2, 0.25) is 0 Å². The molecule has 2 atom stereocenters. The lowest BCUT2D eigenvalue weighted by atomic mass is 10.0. The molecule has 0 saturated carbocycles. The summed E-state index contributed by atoms with van der Waals surface area (Å²) in [5, 5.41) is 23.3. The molecule has 0 aliphatic rings. The quantitative estimate of drug-likeness (QED) is 0.0424. The van der Waals surface area contributed by atoms with Gasteiger partial charge in [-0.15, -0.1) is 0 Å². The minimum Gasteiger partial charge on any atom is -0.394 e.